The van der Waals surface area contributed by atoms with Crippen LogP contribution in [-0.2, 0) is 20.9 Å². The van der Waals surface area contributed by atoms with Crippen molar-refractivity contribution in [2.24, 2.45) is 5.92 Å². The number of aryl methyl sites for hydroxylation is 3. The van der Waals surface area contributed by atoms with Crippen molar-refractivity contribution in [3.63, 3.8) is 0 Å². The minimum atomic E-state index is -0.465. The summed E-state index contributed by atoms with van der Waals surface area (Å²) < 4.78 is 17.0. The zero-order valence-electron chi connectivity index (χ0n) is 21.3. The second kappa shape index (κ2) is 9.98. The third-order valence-corrected chi connectivity index (χ3v) is 6.98. The molecule has 2 aromatic rings. The van der Waals surface area contributed by atoms with E-state index in [1.807, 2.05) is 25.1 Å². The average molecular weight is 476 g/mol. The predicted octanol–water partition coefficient (Wildman–Crippen LogP) is 5.20. The van der Waals surface area contributed by atoms with Gasteiger partial charge in [-0.3, -0.25) is 4.79 Å². The van der Waals surface area contributed by atoms with Gasteiger partial charge in [-0.2, -0.15) is 0 Å². The van der Waals surface area contributed by atoms with Crippen LogP contribution in [0.1, 0.15) is 53.5 Å². The summed E-state index contributed by atoms with van der Waals surface area (Å²) in [5.74, 6) is -0.0987. The van der Waals surface area contributed by atoms with E-state index in [4.69, 9.17) is 14.2 Å². The highest BCUT2D eigenvalue weighted by atomic mass is 16.5. The quantitative estimate of drug-likeness (QED) is 0.579. The van der Waals surface area contributed by atoms with E-state index in [0.29, 0.717) is 42.2 Å². The highest BCUT2D eigenvalue weighted by Crippen LogP contribution is 2.45. The van der Waals surface area contributed by atoms with Crippen LogP contribution in [0.25, 0.3) is 0 Å². The van der Waals surface area contributed by atoms with Crippen molar-refractivity contribution in [1.82, 2.24) is 5.32 Å². The van der Waals surface area contributed by atoms with Crippen molar-refractivity contribution in [2.45, 2.75) is 53.1 Å². The van der Waals surface area contributed by atoms with Crippen LogP contribution in [0.5, 0.6) is 11.5 Å². The molecule has 0 bridgehead atoms. The van der Waals surface area contributed by atoms with Gasteiger partial charge in [0.05, 0.1) is 25.7 Å². The highest BCUT2D eigenvalue weighted by Gasteiger charge is 2.43. The van der Waals surface area contributed by atoms with Gasteiger partial charge in [0.15, 0.2) is 11.5 Å². The molecule has 0 saturated heterocycles. The van der Waals surface area contributed by atoms with Crippen LogP contribution in [0.2, 0.25) is 0 Å². The third kappa shape index (κ3) is 4.70. The van der Waals surface area contributed by atoms with Gasteiger partial charge in [-0.1, -0.05) is 29.8 Å². The van der Waals surface area contributed by atoms with Crippen LogP contribution in [0.4, 0.5) is 0 Å². The van der Waals surface area contributed by atoms with Crippen molar-refractivity contribution < 1.29 is 23.8 Å². The fraction of sp³-hybridized carbons (Fsp3) is 0.379. The van der Waals surface area contributed by atoms with E-state index < -0.39 is 17.8 Å². The number of hydrogen-bond acceptors (Lipinski definition) is 6. The summed E-state index contributed by atoms with van der Waals surface area (Å²) in [5, 5.41) is 3.27. The maximum Gasteiger partial charge on any atom is 0.336 e. The molecule has 1 aliphatic carbocycles. The fourth-order valence-corrected chi connectivity index (χ4v) is 5.34. The molecule has 1 heterocycles. The second-order valence-electron chi connectivity index (χ2n) is 9.35. The molecule has 0 saturated carbocycles. The molecule has 0 radical (unpaired) electrons. The van der Waals surface area contributed by atoms with Gasteiger partial charge in [0.1, 0.15) is 12.4 Å². The third-order valence-electron chi connectivity index (χ3n) is 6.98. The number of Topliss-reactive ketones (excluding diaryl/α,β-unsaturated/α-hetero) is 1. The lowest BCUT2D eigenvalue weighted by Crippen LogP contribution is -2.40. The molecular formula is C29H33NO5. The first kappa shape index (κ1) is 24.6. The first-order valence-electron chi connectivity index (χ1n) is 11.9. The zero-order chi connectivity index (χ0) is 25.3. The average Bonchev–Trinajstić information content (AvgIpc) is 2.82. The molecule has 0 spiro atoms. The van der Waals surface area contributed by atoms with Gasteiger partial charge in [-0.25, -0.2) is 4.79 Å². The largest absolute Gasteiger partial charge is 0.493 e. The lowest BCUT2D eigenvalue weighted by molar-refractivity contribution is -0.136. The Labute approximate surface area is 207 Å². The van der Waals surface area contributed by atoms with Gasteiger partial charge in [0, 0.05) is 23.7 Å². The van der Waals surface area contributed by atoms with Crippen LogP contribution < -0.4 is 14.8 Å². The predicted molar refractivity (Wildman–Crippen MR) is 134 cm³/mol. The molecule has 1 aliphatic heterocycles. The number of rotatable bonds is 6. The van der Waals surface area contributed by atoms with E-state index in [-0.39, 0.29) is 5.78 Å². The summed E-state index contributed by atoms with van der Waals surface area (Å²) in [6.07, 6.45) is 3.20. The Morgan fingerprint density at radius 2 is 1.71 bits per heavy atom. The SMILES string of the molecule is COC(=O)C1=C(C)NC2=CCCC(=O)C2C1c1ccc(OCc2c(C)cc(C)cc2C)c(OC)c1. The molecule has 2 aromatic carbocycles. The Kier molecular flexibility index (Phi) is 7.01. The number of methoxy groups -OCH3 is 2. The Morgan fingerprint density at radius 1 is 1.00 bits per heavy atom. The monoisotopic (exact) mass is 475 g/mol. The smallest absolute Gasteiger partial charge is 0.336 e. The Morgan fingerprint density at radius 3 is 2.37 bits per heavy atom. The number of carbonyl (C=O) groups is 2. The molecule has 1 N–H and O–H groups in total. The number of ketones is 1. The number of nitrogens with one attached hydrogen (secondary N) is 1. The van der Waals surface area contributed by atoms with Crippen molar-refractivity contribution in [1.29, 1.82) is 0 Å². The number of carbonyl (C=O) groups excluding carboxylic acids is 2. The highest BCUT2D eigenvalue weighted by molar-refractivity contribution is 5.96. The van der Waals surface area contributed by atoms with Gasteiger partial charge in [0.25, 0.3) is 0 Å². The van der Waals surface area contributed by atoms with E-state index in [0.717, 1.165) is 16.8 Å². The summed E-state index contributed by atoms with van der Waals surface area (Å²) in [6.45, 7) is 8.53. The number of hydrogen-bond donors (Lipinski definition) is 1. The summed E-state index contributed by atoms with van der Waals surface area (Å²) >= 11 is 0. The standard InChI is InChI=1S/C29H33NO5/c1-16-12-17(2)21(18(3)13-16)15-35-24-11-10-20(14-25(24)33-5)27-26(29(32)34-6)19(4)30-22-8-7-9-23(31)28(22)27/h8,10-14,27-28,30H,7,9,15H2,1-6H3. The Hall–Kier alpha value is -3.54. The van der Waals surface area contributed by atoms with Crippen LogP contribution in [-0.4, -0.2) is 26.0 Å². The van der Waals surface area contributed by atoms with Crippen molar-refractivity contribution in [3.05, 3.63) is 81.2 Å². The molecule has 0 fully saturated rings. The summed E-state index contributed by atoms with van der Waals surface area (Å²) in [6, 6.07) is 9.95. The molecule has 2 aliphatic rings. The topological polar surface area (TPSA) is 73.9 Å². The van der Waals surface area contributed by atoms with Gasteiger partial charge in [-0.05, 0) is 68.5 Å². The van der Waals surface area contributed by atoms with E-state index in [2.05, 4.69) is 44.3 Å². The van der Waals surface area contributed by atoms with Gasteiger partial charge < -0.3 is 19.5 Å². The van der Waals surface area contributed by atoms with E-state index in [1.54, 1.807) is 7.11 Å². The summed E-state index contributed by atoms with van der Waals surface area (Å²) in [5.41, 5.74) is 7.57. The minimum absolute atomic E-state index is 0.110. The number of esters is 1. The van der Waals surface area contributed by atoms with E-state index in [9.17, 15) is 9.59 Å². The molecular weight excluding hydrogens is 442 g/mol. The van der Waals surface area contributed by atoms with Gasteiger partial charge in [0.2, 0.25) is 0 Å². The summed E-state index contributed by atoms with van der Waals surface area (Å²) in [4.78, 5) is 25.8. The van der Waals surface area contributed by atoms with Crippen molar-refractivity contribution in [2.75, 3.05) is 14.2 Å². The second-order valence-corrected chi connectivity index (χ2v) is 9.35. The first-order valence-corrected chi connectivity index (χ1v) is 11.9. The molecule has 0 amide bonds. The molecule has 35 heavy (non-hydrogen) atoms. The van der Waals surface area contributed by atoms with E-state index >= 15 is 0 Å². The van der Waals surface area contributed by atoms with Crippen molar-refractivity contribution >= 4 is 11.8 Å². The minimum Gasteiger partial charge on any atom is -0.493 e. The number of allylic oxidation sites excluding steroid dienone is 3. The normalized spacial score (nSPS) is 19.5. The summed E-state index contributed by atoms with van der Waals surface area (Å²) in [7, 11) is 2.95. The maximum atomic E-state index is 13.0. The number of benzene rings is 2. The fourth-order valence-electron chi connectivity index (χ4n) is 5.34. The molecule has 2 unspecified atom stereocenters. The van der Waals surface area contributed by atoms with E-state index in [1.165, 1.54) is 23.8 Å². The van der Waals surface area contributed by atoms with Crippen LogP contribution in [0.3, 0.4) is 0 Å². The van der Waals surface area contributed by atoms with Crippen LogP contribution in [0.15, 0.2) is 53.4 Å². The molecule has 184 valence electrons. The molecule has 6 nitrogen and oxygen atoms in total. The number of ether oxygens (including phenoxy) is 3. The van der Waals surface area contributed by atoms with Gasteiger partial charge >= 0.3 is 5.97 Å². The van der Waals surface area contributed by atoms with Crippen molar-refractivity contribution in [3.8, 4) is 11.5 Å². The lowest BCUT2D eigenvalue weighted by Gasteiger charge is -2.38. The Balaban J connectivity index is 1.71. The molecule has 2 atom stereocenters. The number of fused-ring (bicyclic) bond motifs is 1. The molecule has 6 heteroatoms. The van der Waals surface area contributed by atoms with Crippen LogP contribution in [0, 0.1) is 26.7 Å². The molecule has 4 rings (SSSR count). The van der Waals surface area contributed by atoms with Crippen LogP contribution >= 0.6 is 0 Å². The van der Waals surface area contributed by atoms with Gasteiger partial charge in [-0.15, -0.1) is 0 Å². The Bertz CT molecular complexity index is 1220. The first-order chi connectivity index (χ1) is 16.7. The maximum absolute atomic E-state index is 13.0. The molecule has 0 aromatic heterocycles. The lowest BCUT2D eigenvalue weighted by atomic mass is 9.71. The zero-order valence-corrected chi connectivity index (χ0v) is 21.3.